The van der Waals surface area contributed by atoms with Crippen LogP contribution in [0.4, 0.5) is 0 Å². The van der Waals surface area contributed by atoms with Crippen LogP contribution < -0.4 is 5.32 Å². The number of aryl methyl sites for hydroxylation is 2. The van der Waals surface area contributed by atoms with Gasteiger partial charge in [-0.05, 0) is 25.0 Å². The van der Waals surface area contributed by atoms with Crippen molar-refractivity contribution in [3.8, 4) is 0 Å². The fourth-order valence-electron chi connectivity index (χ4n) is 1.76. The first kappa shape index (κ1) is 11.8. The minimum Gasteiger partial charge on any atom is -0.311 e. The number of hydrogen-bond acceptors (Lipinski definition) is 3. The summed E-state index contributed by atoms with van der Waals surface area (Å²) >= 11 is 0. The number of nitrogens with zero attached hydrogens (tertiary/aromatic N) is 3. The second-order valence-corrected chi connectivity index (χ2v) is 4.27. The minimum atomic E-state index is 0.852. The topological polar surface area (TPSA) is 42.7 Å². The van der Waals surface area contributed by atoms with Crippen LogP contribution in [-0.2, 0) is 13.1 Å². The van der Waals surface area contributed by atoms with Crippen molar-refractivity contribution in [2.24, 2.45) is 0 Å². The van der Waals surface area contributed by atoms with Gasteiger partial charge >= 0.3 is 0 Å². The number of nitrogens with one attached hydrogen (secondary N) is 1. The minimum absolute atomic E-state index is 0.852. The largest absolute Gasteiger partial charge is 0.311 e. The molecule has 2 rings (SSSR count). The number of hydrogen-bond donors (Lipinski definition) is 1. The highest BCUT2D eigenvalue weighted by Gasteiger charge is 1.98. The maximum atomic E-state index is 3.92. The third-order valence-electron chi connectivity index (χ3n) is 2.81. The lowest BCUT2D eigenvalue weighted by molar-refractivity contribution is 0.539. The summed E-state index contributed by atoms with van der Waals surface area (Å²) in [6.45, 7) is 6.93. The summed E-state index contributed by atoms with van der Waals surface area (Å²) in [6.07, 6.45) is 3.57. The predicted octanol–water partition coefficient (Wildman–Crippen LogP) is 1.68. The molecule has 0 atom stereocenters. The van der Waals surface area contributed by atoms with Gasteiger partial charge in [0, 0.05) is 19.3 Å². The van der Waals surface area contributed by atoms with Crippen molar-refractivity contribution in [2.45, 2.75) is 26.9 Å². The molecule has 0 aliphatic carbocycles. The van der Waals surface area contributed by atoms with Crippen LogP contribution in [0.2, 0.25) is 0 Å². The van der Waals surface area contributed by atoms with Gasteiger partial charge in [0.15, 0.2) is 0 Å². The molecule has 0 amide bonds. The van der Waals surface area contributed by atoms with E-state index in [1.54, 1.807) is 6.20 Å². The first-order chi connectivity index (χ1) is 8.25. The molecular formula is C13H18N4. The van der Waals surface area contributed by atoms with Crippen LogP contribution >= 0.6 is 0 Å². The van der Waals surface area contributed by atoms with Gasteiger partial charge in [-0.3, -0.25) is 4.68 Å². The first-order valence-electron chi connectivity index (χ1n) is 5.86. The maximum absolute atomic E-state index is 3.92. The van der Waals surface area contributed by atoms with Crippen LogP contribution in [0, 0.1) is 13.8 Å². The molecular weight excluding hydrogens is 212 g/mol. The second kappa shape index (κ2) is 5.59. The summed E-state index contributed by atoms with van der Waals surface area (Å²) in [6, 6.07) is 6.55. The van der Waals surface area contributed by atoms with E-state index in [9.17, 15) is 0 Å². The molecule has 0 unspecified atom stereocenters. The summed E-state index contributed by atoms with van der Waals surface area (Å²) < 4.78 is 1.83. The highest BCUT2D eigenvalue weighted by molar-refractivity contribution is 5.30. The second-order valence-electron chi connectivity index (χ2n) is 4.27. The Morgan fingerprint density at radius 1 is 1.29 bits per heavy atom. The molecule has 4 heteroatoms. The van der Waals surface area contributed by atoms with Crippen molar-refractivity contribution in [1.82, 2.24) is 20.3 Å². The number of rotatable bonds is 5. The third kappa shape index (κ3) is 3.39. The van der Waals surface area contributed by atoms with Crippen LogP contribution in [-0.4, -0.2) is 21.5 Å². The Kier molecular flexibility index (Phi) is 3.88. The Morgan fingerprint density at radius 3 is 2.94 bits per heavy atom. The molecule has 1 heterocycles. The molecule has 1 aromatic heterocycles. The molecule has 0 aliphatic rings. The molecule has 0 aliphatic heterocycles. The molecule has 4 nitrogen and oxygen atoms in total. The predicted molar refractivity (Wildman–Crippen MR) is 67.6 cm³/mol. The highest BCUT2D eigenvalue weighted by Crippen LogP contribution is 2.09. The monoisotopic (exact) mass is 230 g/mol. The fourth-order valence-corrected chi connectivity index (χ4v) is 1.76. The standard InChI is InChI=1S/C13H18N4/c1-11-3-4-12(2)13(9-11)10-14-5-7-17-8-6-15-16-17/h3-4,6,8-9,14H,5,7,10H2,1-2H3. The molecule has 2 aromatic rings. The summed E-state index contributed by atoms with van der Waals surface area (Å²) in [5.74, 6) is 0. The SMILES string of the molecule is Cc1ccc(C)c(CNCCn2ccnn2)c1. The molecule has 0 fully saturated rings. The van der Waals surface area contributed by atoms with Crippen molar-refractivity contribution in [3.05, 3.63) is 47.3 Å². The zero-order valence-corrected chi connectivity index (χ0v) is 10.3. The average Bonchev–Trinajstić information content (AvgIpc) is 2.82. The van der Waals surface area contributed by atoms with Crippen molar-refractivity contribution < 1.29 is 0 Å². The molecule has 0 saturated heterocycles. The van der Waals surface area contributed by atoms with E-state index < -0.39 is 0 Å². The molecule has 0 radical (unpaired) electrons. The summed E-state index contributed by atoms with van der Waals surface area (Å²) in [5, 5.41) is 11.1. The van der Waals surface area contributed by atoms with Crippen molar-refractivity contribution in [2.75, 3.05) is 6.54 Å². The van der Waals surface area contributed by atoms with E-state index in [4.69, 9.17) is 0 Å². The molecule has 1 aromatic carbocycles. The van der Waals surface area contributed by atoms with E-state index in [1.807, 2.05) is 10.9 Å². The van der Waals surface area contributed by atoms with Crippen molar-refractivity contribution in [1.29, 1.82) is 0 Å². The van der Waals surface area contributed by atoms with Crippen molar-refractivity contribution >= 4 is 0 Å². The van der Waals surface area contributed by atoms with Gasteiger partial charge in [0.25, 0.3) is 0 Å². The average molecular weight is 230 g/mol. The summed E-state index contributed by atoms with van der Waals surface area (Å²) in [5.41, 5.74) is 4.01. The van der Waals surface area contributed by atoms with E-state index in [-0.39, 0.29) is 0 Å². The van der Waals surface area contributed by atoms with Gasteiger partial charge in [0.2, 0.25) is 0 Å². The van der Waals surface area contributed by atoms with Gasteiger partial charge in [-0.25, -0.2) is 0 Å². The van der Waals surface area contributed by atoms with Crippen LogP contribution in [0.1, 0.15) is 16.7 Å². The molecule has 0 bridgehead atoms. The zero-order chi connectivity index (χ0) is 12.1. The first-order valence-corrected chi connectivity index (χ1v) is 5.86. The lowest BCUT2D eigenvalue weighted by Gasteiger charge is -2.08. The summed E-state index contributed by atoms with van der Waals surface area (Å²) in [7, 11) is 0. The zero-order valence-electron chi connectivity index (χ0n) is 10.3. The Balaban J connectivity index is 1.80. The Morgan fingerprint density at radius 2 is 2.18 bits per heavy atom. The normalized spacial score (nSPS) is 10.7. The molecule has 0 spiro atoms. The Labute approximate surface area is 102 Å². The molecule has 17 heavy (non-hydrogen) atoms. The van der Waals surface area contributed by atoms with Gasteiger partial charge in [0.1, 0.15) is 0 Å². The molecule has 90 valence electrons. The van der Waals surface area contributed by atoms with Gasteiger partial charge in [-0.15, -0.1) is 5.10 Å². The van der Waals surface area contributed by atoms with E-state index in [1.165, 1.54) is 16.7 Å². The van der Waals surface area contributed by atoms with Gasteiger partial charge < -0.3 is 5.32 Å². The molecule has 1 N–H and O–H groups in total. The van der Waals surface area contributed by atoms with Gasteiger partial charge in [-0.1, -0.05) is 29.0 Å². The maximum Gasteiger partial charge on any atom is 0.0692 e. The lowest BCUT2D eigenvalue weighted by atomic mass is 10.1. The van der Waals surface area contributed by atoms with Crippen molar-refractivity contribution in [3.63, 3.8) is 0 Å². The highest BCUT2D eigenvalue weighted by atomic mass is 15.4. The van der Waals surface area contributed by atoms with E-state index in [2.05, 4.69) is 47.7 Å². The van der Waals surface area contributed by atoms with E-state index in [0.717, 1.165) is 19.6 Å². The number of aromatic nitrogens is 3. The van der Waals surface area contributed by atoms with Gasteiger partial charge in [-0.2, -0.15) is 0 Å². The number of benzene rings is 1. The third-order valence-corrected chi connectivity index (χ3v) is 2.81. The van der Waals surface area contributed by atoms with E-state index >= 15 is 0 Å². The Bertz CT molecular complexity index is 462. The quantitative estimate of drug-likeness (QED) is 0.795. The van der Waals surface area contributed by atoms with Gasteiger partial charge in [0.05, 0.1) is 12.7 Å². The van der Waals surface area contributed by atoms with E-state index in [0.29, 0.717) is 0 Å². The van der Waals surface area contributed by atoms with Crippen LogP contribution in [0.3, 0.4) is 0 Å². The lowest BCUT2D eigenvalue weighted by Crippen LogP contribution is -2.20. The summed E-state index contributed by atoms with van der Waals surface area (Å²) in [4.78, 5) is 0. The smallest absolute Gasteiger partial charge is 0.0692 e. The van der Waals surface area contributed by atoms with Crippen LogP contribution in [0.5, 0.6) is 0 Å². The van der Waals surface area contributed by atoms with Crippen LogP contribution in [0.15, 0.2) is 30.6 Å². The molecule has 0 saturated carbocycles. The fraction of sp³-hybridized carbons (Fsp3) is 0.385. The van der Waals surface area contributed by atoms with Crippen LogP contribution in [0.25, 0.3) is 0 Å². The Hall–Kier alpha value is -1.68.